The first-order chi connectivity index (χ1) is 9.60. The van der Waals surface area contributed by atoms with E-state index in [9.17, 15) is 0 Å². The predicted octanol–water partition coefficient (Wildman–Crippen LogP) is 4.26. The minimum absolute atomic E-state index is 0.355. The number of benzene rings is 1. The molecule has 20 heavy (non-hydrogen) atoms. The third-order valence-corrected chi connectivity index (χ3v) is 5.67. The van der Waals surface area contributed by atoms with Gasteiger partial charge in [0.15, 0.2) is 0 Å². The van der Waals surface area contributed by atoms with Crippen molar-refractivity contribution < 1.29 is 0 Å². The normalized spacial score (nSPS) is 25.9. The average Bonchev–Trinajstić information content (AvgIpc) is 2.46. The minimum Gasteiger partial charge on any atom is -0.365 e. The second-order valence-corrected chi connectivity index (χ2v) is 7.51. The molecule has 3 rings (SSSR count). The van der Waals surface area contributed by atoms with Crippen molar-refractivity contribution in [1.82, 2.24) is 5.32 Å². The van der Waals surface area contributed by atoms with Crippen LogP contribution in [0.25, 0.3) is 0 Å². The summed E-state index contributed by atoms with van der Waals surface area (Å²) in [6, 6.07) is 7.24. The molecule has 1 aromatic carbocycles. The van der Waals surface area contributed by atoms with Gasteiger partial charge in [0, 0.05) is 29.1 Å². The quantitative estimate of drug-likeness (QED) is 0.824. The SMILES string of the molecule is Cc1ccc(Br)c(N2CC3(CCCCC3)NCC2C)c1. The lowest BCUT2D eigenvalue weighted by Gasteiger charge is -2.50. The molecule has 3 heteroatoms. The van der Waals surface area contributed by atoms with E-state index in [1.165, 1.54) is 47.8 Å². The van der Waals surface area contributed by atoms with E-state index in [2.05, 4.69) is 58.2 Å². The van der Waals surface area contributed by atoms with Crippen LogP contribution in [0.15, 0.2) is 22.7 Å². The van der Waals surface area contributed by atoms with Crippen LogP contribution in [-0.2, 0) is 0 Å². The van der Waals surface area contributed by atoms with Crippen molar-refractivity contribution in [2.75, 3.05) is 18.0 Å². The maximum atomic E-state index is 3.86. The van der Waals surface area contributed by atoms with E-state index in [0.717, 1.165) is 13.1 Å². The van der Waals surface area contributed by atoms with Crippen LogP contribution in [-0.4, -0.2) is 24.7 Å². The molecule has 0 amide bonds. The molecule has 1 N–H and O–H groups in total. The summed E-state index contributed by atoms with van der Waals surface area (Å²) in [4.78, 5) is 2.61. The van der Waals surface area contributed by atoms with Gasteiger partial charge in [-0.2, -0.15) is 0 Å². The van der Waals surface area contributed by atoms with Gasteiger partial charge in [-0.3, -0.25) is 0 Å². The summed E-state index contributed by atoms with van der Waals surface area (Å²) in [6.45, 7) is 6.76. The van der Waals surface area contributed by atoms with Crippen LogP contribution in [0.5, 0.6) is 0 Å². The predicted molar refractivity (Wildman–Crippen MR) is 89.5 cm³/mol. The second kappa shape index (κ2) is 5.69. The summed E-state index contributed by atoms with van der Waals surface area (Å²) >= 11 is 3.74. The van der Waals surface area contributed by atoms with Gasteiger partial charge in [-0.1, -0.05) is 25.3 Å². The number of aryl methyl sites for hydroxylation is 1. The maximum Gasteiger partial charge on any atom is 0.0516 e. The monoisotopic (exact) mass is 336 g/mol. The smallest absolute Gasteiger partial charge is 0.0516 e. The standard InChI is InChI=1S/C17H25BrN2/c1-13-6-7-15(18)16(10-13)20-12-17(19-11-14(20)2)8-4-3-5-9-17/h6-7,10,14,19H,3-5,8-9,11-12H2,1-2H3. The Morgan fingerprint density at radius 2 is 2.00 bits per heavy atom. The van der Waals surface area contributed by atoms with Crippen molar-refractivity contribution in [1.29, 1.82) is 0 Å². The van der Waals surface area contributed by atoms with Crippen molar-refractivity contribution in [3.05, 3.63) is 28.2 Å². The Labute approximate surface area is 131 Å². The molecule has 1 saturated heterocycles. The molecule has 1 aliphatic carbocycles. The molecule has 1 heterocycles. The van der Waals surface area contributed by atoms with Crippen molar-refractivity contribution >= 4 is 21.6 Å². The number of nitrogens with one attached hydrogen (secondary N) is 1. The van der Waals surface area contributed by atoms with Gasteiger partial charge in [-0.25, -0.2) is 0 Å². The summed E-state index contributed by atoms with van der Waals surface area (Å²) in [7, 11) is 0. The highest BCUT2D eigenvalue weighted by Crippen LogP contribution is 2.36. The van der Waals surface area contributed by atoms with Crippen LogP contribution in [0.3, 0.4) is 0 Å². The van der Waals surface area contributed by atoms with E-state index in [4.69, 9.17) is 0 Å². The van der Waals surface area contributed by atoms with E-state index >= 15 is 0 Å². The van der Waals surface area contributed by atoms with Gasteiger partial charge in [0.2, 0.25) is 0 Å². The molecule has 1 saturated carbocycles. The maximum absolute atomic E-state index is 3.86. The highest BCUT2D eigenvalue weighted by molar-refractivity contribution is 9.10. The Bertz CT molecular complexity index is 480. The van der Waals surface area contributed by atoms with Crippen LogP contribution < -0.4 is 10.2 Å². The zero-order chi connectivity index (χ0) is 14.2. The Kier molecular flexibility index (Phi) is 4.09. The average molecular weight is 337 g/mol. The Morgan fingerprint density at radius 1 is 1.25 bits per heavy atom. The third kappa shape index (κ3) is 2.75. The topological polar surface area (TPSA) is 15.3 Å². The Hall–Kier alpha value is -0.540. The van der Waals surface area contributed by atoms with Gasteiger partial charge < -0.3 is 10.2 Å². The van der Waals surface area contributed by atoms with E-state index in [1.54, 1.807) is 0 Å². The van der Waals surface area contributed by atoms with Crippen molar-refractivity contribution in [3.63, 3.8) is 0 Å². The van der Waals surface area contributed by atoms with Crippen LogP contribution in [0.2, 0.25) is 0 Å². The summed E-state index contributed by atoms with van der Waals surface area (Å²) < 4.78 is 1.22. The molecule has 2 aliphatic rings. The first-order valence-electron chi connectivity index (χ1n) is 7.87. The molecule has 1 atom stereocenters. The van der Waals surface area contributed by atoms with E-state index < -0.39 is 0 Å². The third-order valence-electron chi connectivity index (χ3n) is 5.00. The summed E-state index contributed by atoms with van der Waals surface area (Å²) in [5.74, 6) is 0. The fourth-order valence-electron chi connectivity index (χ4n) is 3.74. The van der Waals surface area contributed by atoms with Crippen molar-refractivity contribution in [2.24, 2.45) is 0 Å². The zero-order valence-corrected chi connectivity index (χ0v) is 14.2. The number of anilines is 1. The van der Waals surface area contributed by atoms with Crippen LogP contribution in [0.4, 0.5) is 5.69 Å². The van der Waals surface area contributed by atoms with E-state index in [0.29, 0.717) is 11.6 Å². The molecule has 1 spiro atoms. The molecule has 1 aliphatic heterocycles. The van der Waals surface area contributed by atoms with Gasteiger partial charge >= 0.3 is 0 Å². The fourth-order valence-corrected chi connectivity index (χ4v) is 4.22. The van der Waals surface area contributed by atoms with E-state index in [1.807, 2.05) is 0 Å². The van der Waals surface area contributed by atoms with Gasteiger partial charge in [-0.05, 0) is 60.3 Å². The molecule has 1 aromatic rings. The van der Waals surface area contributed by atoms with Crippen LogP contribution >= 0.6 is 15.9 Å². The Morgan fingerprint density at radius 3 is 2.75 bits per heavy atom. The molecule has 2 fully saturated rings. The highest BCUT2D eigenvalue weighted by atomic mass is 79.9. The lowest BCUT2D eigenvalue weighted by molar-refractivity contribution is 0.200. The largest absolute Gasteiger partial charge is 0.365 e. The molecule has 1 unspecified atom stereocenters. The van der Waals surface area contributed by atoms with Crippen molar-refractivity contribution in [3.8, 4) is 0 Å². The van der Waals surface area contributed by atoms with Gasteiger partial charge in [0.25, 0.3) is 0 Å². The highest BCUT2D eigenvalue weighted by Gasteiger charge is 2.39. The molecule has 0 aromatic heterocycles. The van der Waals surface area contributed by atoms with Gasteiger partial charge in [-0.15, -0.1) is 0 Å². The molecule has 0 bridgehead atoms. The summed E-state index contributed by atoms with van der Waals surface area (Å²) in [5.41, 5.74) is 3.06. The lowest BCUT2D eigenvalue weighted by Crippen LogP contribution is -2.64. The molecular formula is C17H25BrN2. The first kappa shape index (κ1) is 14.4. The van der Waals surface area contributed by atoms with Gasteiger partial charge in [0.1, 0.15) is 0 Å². The summed E-state index contributed by atoms with van der Waals surface area (Å²) in [6.07, 6.45) is 6.83. The second-order valence-electron chi connectivity index (χ2n) is 6.65. The molecule has 0 radical (unpaired) electrons. The fraction of sp³-hybridized carbons (Fsp3) is 0.647. The molecule has 2 nitrogen and oxygen atoms in total. The van der Waals surface area contributed by atoms with Gasteiger partial charge in [0.05, 0.1) is 5.69 Å². The number of hydrogen-bond donors (Lipinski definition) is 1. The van der Waals surface area contributed by atoms with E-state index in [-0.39, 0.29) is 0 Å². The lowest BCUT2D eigenvalue weighted by atomic mass is 9.79. The number of hydrogen-bond acceptors (Lipinski definition) is 2. The van der Waals surface area contributed by atoms with Crippen LogP contribution in [0.1, 0.15) is 44.6 Å². The first-order valence-corrected chi connectivity index (χ1v) is 8.67. The number of piperazine rings is 1. The molecular weight excluding hydrogens is 312 g/mol. The number of nitrogens with zero attached hydrogens (tertiary/aromatic N) is 1. The van der Waals surface area contributed by atoms with Crippen molar-refractivity contribution in [2.45, 2.75) is 57.5 Å². The minimum atomic E-state index is 0.355. The van der Waals surface area contributed by atoms with Crippen LogP contribution in [0, 0.1) is 6.92 Å². The molecule has 110 valence electrons. The summed E-state index contributed by atoms with van der Waals surface area (Å²) in [5, 5.41) is 3.86. The number of halogens is 1. The zero-order valence-electron chi connectivity index (χ0n) is 12.6. The Balaban J connectivity index is 1.88. The number of rotatable bonds is 1.